The van der Waals surface area contributed by atoms with Crippen molar-refractivity contribution in [1.82, 2.24) is 0 Å². The Kier molecular flexibility index (Phi) is 4.75. The maximum absolute atomic E-state index is 13.1. The summed E-state index contributed by atoms with van der Waals surface area (Å²) in [4.78, 5) is 10.8. The molecule has 0 aliphatic heterocycles. The highest BCUT2D eigenvalue weighted by atomic mass is 19.4. The van der Waals surface area contributed by atoms with Gasteiger partial charge in [0.1, 0.15) is 5.82 Å². The Morgan fingerprint density at radius 3 is 2.25 bits per heavy atom. The van der Waals surface area contributed by atoms with Gasteiger partial charge in [-0.3, -0.25) is 4.79 Å². The van der Waals surface area contributed by atoms with Crippen LogP contribution in [0.3, 0.4) is 0 Å². The summed E-state index contributed by atoms with van der Waals surface area (Å²) in [6, 6.07) is 2.13. The number of aliphatic carboxylic acids is 1. The molecule has 20 heavy (non-hydrogen) atoms. The monoisotopic (exact) mass is 294 g/mol. The molecule has 2 N–H and O–H groups in total. The highest BCUT2D eigenvalue weighted by molar-refractivity contribution is 5.69. The summed E-state index contributed by atoms with van der Waals surface area (Å²) < 4.78 is 50.8. The van der Waals surface area contributed by atoms with Gasteiger partial charge in [0.05, 0.1) is 17.6 Å². The first-order chi connectivity index (χ1) is 9.05. The summed E-state index contributed by atoms with van der Waals surface area (Å²) in [5.74, 6) is -4.38. The van der Waals surface area contributed by atoms with Gasteiger partial charge in [-0.2, -0.15) is 13.2 Å². The minimum Gasteiger partial charge on any atom is -0.481 e. The van der Waals surface area contributed by atoms with Crippen LogP contribution in [0.4, 0.5) is 17.6 Å². The fourth-order valence-electron chi connectivity index (χ4n) is 1.75. The molecule has 0 heterocycles. The van der Waals surface area contributed by atoms with Crippen molar-refractivity contribution in [2.24, 2.45) is 11.8 Å². The molecule has 0 saturated heterocycles. The fourth-order valence-corrected chi connectivity index (χ4v) is 1.75. The smallest absolute Gasteiger partial charge is 0.419 e. The zero-order valence-corrected chi connectivity index (χ0v) is 10.8. The van der Waals surface area contributed by atoms with Crippen LogP contribution >= 0.6 is 0 Å². The second kappa shape index (κ2) is 5.78. The molecule has 0 fully saturated rings. The summed E-state index contributed by atoms with van der Waals surface area (Å²) in [6.45, 7) is 2.74. The molecule has 112 valence electrons. The zero-order valence-electron chi connectivity index (χ0n) is 10.8. The molecule has 1 aromatic rings. The van der Waals surface area contributed by atoms with E-state index in [0.717, 1.165) is 6.07 Å². The first kappa shape index (κ1) is 16.4. The molecule has 0 amide bonds. The van der Waals surface area contributed by atoms with E-state index in [9.17, 15) is 27.5 Å². The highest BCUT2D eigenvalue weighted by Crippen LogP contribution is 2.35. The SMILES string of the molecule is CC(C(=O)O)C(C)C(O)c1ccc(F)c(C(F)(F)F)c1. The summed E-state index contributed by atoms with van der Waals surface area (Å²) in [6.07, 6.45) is -6.30. The molecule has 7 heteroatoms. The molecule has 0 spiro atoms. The van der Waals surface area contributed by atoms with Crippen LogP contribution in [0.2, 0.25) is 0 Å². The van der Waals surface area contributed by atoms with Crippen LogP contribution in [0.25, 0.3) is 0 Å². The van der Waals surface area contributed by atoms with Gasteiger partial charge in [0.15, 0.2) is 0 Å². The summed E-state index contributed by atoms with van der Waals surface area (Å²) >= 11 is 0. The Morgan fingerprint density at radius 1 is 1.25 bits per heavy atom. The lowest BCUT2D eigenvalue weighted by Crippen LogP contribution is -2.24. The number of halogens is 4. The second-order valence-electron chi connectivity index (χ2n) is 4.67. The maximum Gasteiger partial charge on any atom is 0.419 e. The molecule has 0 aliphatic rings. The normalized spacial score (nSPS) is 16.6. The van der Waals surface area contributed by atoms with Crippen LogP contribution in [0, 0.1) is 17.7 Å². The lowest BCUT2D eigenvalue weighted by atomic mass is 9.86. The third kappa shape index (κ3) is 3.47. The van der Waals surface area contributed by atoms with Crippen LogP contribution < -0.4 is 0 Å². The van der Waals surface area contributed by atoms with Gasteiger partial charge in [0, 0.05) is 0 Å². The summed E-state index contributed by atoms with van der Waals surface area (Å²) in [5.41, 5.74) is -1.65. The van der Waals surface area contributed by atoms with Crippen molar-refractivity contribution in [2.75, 3.05) is 0 Å². The molecule has 1 rings (SSSR count). The van der Waals surface area contributed by atoms with E-state index in [2.05, 4.69) is 0 Å². The molecule has 0 aromatic heterocycles. The van der Waals surface area contributed by atoms with Crippen molar-refractivity contribution >= 4 is 5.97 Å². The van der Waals surface area contributed by atoms with E-state index < -0.39 is 41.5 Å². The minimum atomic E-state index is -4.87. The van der Waals surface area contributed by atoms with Crippen LogP contribution in [0.5, 0.6) is 0 Å². The van der Waals surface area contributed by atoms with Gasteiger partial charge in [-0.1, -0.05) is 19.9 Å². The van der Waals surface area contributed by atoms with Crippen molar-refractivity contribution in [3.63, 3.8) is 0 Å². The molecule has 3 atom stereocenters. The van der Waals surface area contributed by atoms with E-state index in [0.29, 0.717) is 12.1 Å². The van der Waals surface area contributed by atoms with Crippen molar-refractivity contribution < 1.29 is 32.6 Å². The number of rotatable bonds is 4. The number of carboxylic acids is 1. The molecular weight excluding hydrogens is 280 g/mol. The van der Waals surface area contributed by atoms with Crippen LogP contribution in [0.15, 0.2) is 18.2 Å². The Labute approximate surface area is 112 Å². The number of hydrogen-bond donors (Lipinski definition) is 2. The van der Waals surface area contributed by atoms with E-state index in [1.165, 1.54) is 13.8 Å². The highest BCUT2D eigenvalue weighted by Gasteiger charge is 2.35. The molecule has 0 bridgehead atoms. The predicted octanol–water partition coefficient (Wildman–Crippen LogP) is 3.23. The maximum atomic E-state index is 13.1. The molecule has 0 aliphatic carbocycles. The number of alkyl halides is 3. The fraction of sp³-hybridized carbons (Fsp3) is 0.462. The van der Waals surface area contributed by atoms with Crippen molar-refractivity contribution in [3.05, 3.63) is 35.1 Å². The van der Waals surface area contributed by atoms with Gasteiger partial charge in [0.25, 0.3) is 0 Å². The number of aliphatic hydroxyl groups is 1. The van der Waals surface area contributed by atoms with E-state index in [1.807, 2.05) is 0 Å². The van der Waals surface area contributed by atoms with Crippen molar-refractivity contribution in [3.8, 4) is 0 Å². The molecule has 0 radical (unpaired) electrons. The van der Waals surface area contributed by atoms with Crippen LogP contribution in [-0.2, 0) is 11.0 Å². The van der Waals surface area contributed by atoms with Gasteiger partial charge in [0.2, 0.25) is 0 Å². The molecule has 0 saturated carbocycles. The standard InChI is InChI=1S/C13H14F4O3/c1-6(7(2)12(19)20)11(18)8-3-4-10(14)9(5-8)13(15,16)17/h3-7,11,18H,1-2H3,(H,19,20). The van der Waals surface area contributed by atoms with E-state index in [1.54, 1.807) is 0 Å². The predicted molar refractivity (Wildman–Crippen MR) is 62.3 cm³/mol. The Balaban J connectivity index is 3.12. The van der Waals surface area contributed by atoms with E-state index in [-0.39, 0.29) is 5.56 Å². The van der Waals surface area contributed by atoms with Crippen molar-refractivity contribution in [2.45, 2.75) is 26.1 Å². The zero-order chi connectivity index (χ0) is 15.7. The Hall–Kier alpha value is -1.63. The molecular formula is C13H14F4O3. The number of aliphatic hydroxyl groups excluding tert-OH is 1. The summed E-state index contributed by atoms with van der Waals surface area (Å²) in [5, 5.41) is 18.8. The average molecular weight is 294 g/mol. The lowest BCUT2D eigenvalue weighted by molar-refractivity contribution is -0.144. The van der Waals surface area contributed by atoms with Crippen LogP contribution in [-0.4, -0.2) is 16.2 Å². The number of hydrogen-bond acceptors (Lipinski definition) is 2. The van der Waals surface area contributed by atoms with Gasteiger partial charge >= 0.3 is 12.1 Å². The van der Waals surface area contributed by atoms with Gasteiger partial charge < -0.3 is 10.2 Å². The number of carboxylic acid groups (broad SMARTS) is 1. The quantitative estimate of drug-likeness (QED) is 0.838. The molecule has 1 aromatic carbocycles. The Morgan fingerprint density at radius 2 is 1.80 bits per heavy atom. The van der Waals surface area contributed by atoms with Gasteiger partial charge in [-0.15, -0.1) is 0 Å². The molecule has 3 nitrogen and oxygen atoms in total. The first-order valence-corrected chi connectivity index (χ1v) is 5.83. The number of carbonyl (C=O) groups is 1. The van der Waals surface area contributed by atoms with E-state index >= 15 is 0 Å². The second-order valence-corrected chi connectivity index (χ2v) is 4.67. The summed E-state index contributed by atoms with van der Waals surface area (Å²) in [7, 11) is 0. The minimum absolute atomic E-state index is 0.167. The Bertz CT molecular complexity index is 499. The lowest BCUT2D eigenvalue weighted by Gasteiger charge is -2.23. The third-order valence-electron chi connectivity index (χ3n) is 3.31. The average Bonchev–Trinajstić information content (AvgIpc) is 2.35. The van der Waals surface area contributed by atoms with Gasteiger partial charge in [-0.25, -0.2) is 4.39 Å². The largest absolute Gasteiger partial charge is 0.481 e. The first-order valence-electron chi connectivity index (χ1n) is 5.83. The molecule has 3 unspecified atom stereocenters. The van der Waals surface area contributed by atoms with Crippen molar-refractivity contribution in [1.29, 1.82) is 0 Å². The third-order valence-corrected chi connectivity index (χ3v) is 3.31. The number of benzene rings is 1. The van der Waals surface area contributed by atoms with Gasteiger partial charge in [-0.05, 0) is 23.6 Å². The van der Waals surface area contributed by atoms with Crippen LogP contribution in [0.1, 0.15) is 31.1 Å². The topological polar surface area (TPSA) is 57.5 Å². The van der Waals surface area contributed by atoms with E-state index in [4.69, 9.17) is 5.11 Å².